The average molecular weight is 418 g/mol. The standard InChI is InChI=1S/C23H22N4O4/c1-2-10-25-13-20(28)26-19(23(25)29)12-17-16-8-3-4-9-18(16)24-21(17)22(26)14-6-5-7-15(11-14)27(30)31/h3-9,11,19,22,24H,2,10,12-13H2,1H3/t19-,22+/m0/s1. The van der Waals surface area contributed by atoms with E-state index in [1.807, 2.05) is 31.2 Å². The Hall–Kier alpha value is -3.68. The first-order chi connectivity index (χ1) is 15.0. The van der Waals surface area contributed by atoms with Gasteiger partial charge in [-0.15, -0.1) is 0 Å². The number of para-hydroxylation sites is 1. The number of aromatic amines is 1. The highest BCUT2D eigenvalue weighted by Gasteiger charge is 2.48. The molecule has 158 valence electrons. The molecule has 3 heterocycles. The Morgan fingerprint density at radius 1 is 1.16 bits per heavy atom. The Bertz CT molecular complexity index is 1220. The molecule has 0 aliphatic carbocycles. The van der Waals surface area contributed by atoms with Crippen LogP contribution >= 0.6 is 0 Å². The lowest BCUT2D eigenvalue weighted by atomic mass is 9.86. The summed E-state index contributed by atoms with van der Waals surface area (Å²) in [5.41, 5.74) is 3.32. The molecule has 1 fully saturated rings. The Balaban J connectivity index is 1.71. The Kier molecular flexibility index (Phi) is 4.50. The first kappa shape index (κ1) is 19.3. The van der Waals surface area contributed by atoms with Crippen molar-refractivity contribution < 1.29 is 14.5 Å². The number of amides is 2. The van der Waals surface area contributed by atoms with Gasteiger partial charge in [0.2, 0.25) is 11.8 Å². The molecule has 0 spiro atoms. The van der Waals surface area contributed by atoms with Crippen molar-refractivity contribution in [3.63, 3.8) is 0 Å². The van der Waals surface area contributed by atoms with Gasteiger partial charge in [-0.05, 0) is 23.6 Å². The summed E-state index contributed by atoms with van der Waals surface area (Å²) in [4.78, 5) is 44.2. The molecule has 2 aliphatic heterocycles. The van der Waals surface area contributed by atoms with Crippen molar-refractivity contribution in [3.8, 4) is 0 Å². The SMILES string of the molecule is CCCN1CC(=O)N2[C@H](c3cccc([N+](=O)[O-])c3)c3[nH]c4ccccc4c3C[C@H]2C1=O. The molecular weight excluding hydrogens is 396 g/mol. The van der Waals surface area contributed by atoms with E-state index in [0.717, 1.165) is 28.6 Å². The topological polar surface area (TPSA) is 99.5 Å². The largest absolute Gasteiger partial charge is 0.356 e. The van der Waals surface area contributed by atoms with Crippen LogP contribution in [0.1, 0.15) is 36.2 Å². The Labute approximate surface area is 178 Å². The highest BCUT2D eigenvalue weighted by atomic mass is 16.6. The smallest absolute Gasteiger partial charge is 0.269 e. The number of nitro groups is 1. The lowest BCUT2D eigenvalue weighted by Crippen LogP contribution is -2.63. The van der Waals surface area contributed by atoms with Gasteiger partial charge in [-0.25, -0.2) is 0 Å². The lowest BCUT2D eigenvalue weighted by molar-refractivity contribution is -0.384. The molecule has 1 saturated heterocycles. The summed E-state index contributed by atoms with van der Waals surface area (Å²) in [6, 6.07) is 13.0. The molecular formula is C23H22N4O4. The van der Waals surface area contributed by atoms with Crippen molar-refractivity contribution in [2.24, 2.45) is 0 Å². The van der Waals surface area contributed by atoms with Gasteiger partial charge in [0, 0.05) is 41.7 Å². The zero-order valence-corrected chi connectivity index (χ0v) is 17.1. The van der Waals surface area contributed by atoms with Gasteiger partial charge < -0.3 is 14.8 Å². The number of carbonyl (C=O) groups excluding carboxylic acids is 2. The highest BCUT2D eigenvalue weighted by molar-refractivity contribution is 5.97. The van der Waals surface area contributed by atoms with E-state index in [0.29, 0.717) is 18.5 Å². The summed E-state index contributed by atoms with van der Waals surface area (Å²) in [7, 11) is 0. The number of H-pyrrole nitrogens is 1. The van der Waals surface area contributed by atoms with Gasteiger partial charge in [0.25, 0.3) is 5.69 Å². The number of aromatic nitrogens is 1. The number of non-ortho nitro benzene ring substituents is 1. The average Bonchev–Trinajstić information content (AvgIpc) is 3.14. The van der Waals surface area contributed by atoms with Crippen LogP contribution < -0.4 is 0 Å². The van der Waals surface area contributed by atoms with Crippen LogP contribution in [-0.2, 0) is 16.0 Å². The van der Waals surface area contributed by atoms with Crippen LogP contribution in [0, 0.1) is 10.1 Å². The zero-order chi connectivity index (χ0) is 21.7. The molecule has 31 heavy (non-hydrogen) atoms. The normalized spacial score (nSPS) is 20.7. The summed E-state index contributed by atoms with van der Waals surface area (Å²) >= 11 is 0. The van der Waals surface area contributed by atoms with E-state index in [2.05, 4.69) is 4.98 Å². The molecule has 8 heteroatoms. The number of carbonyl (C=O) groups is 2. The number of fused-ring (bicyclic) bond motifs is 4. The Morgan fingerprint density at radius 3 is 2.74 bits per heavy atom. The van der Waals surface area contributed by atoms with Crippen LogP contribution in [0.2, 0.25) is 0 Å². The molecule has 0 unspecified atom stereocenters. The van der Waals surface area contributed by atoms with Crippen molar-refractivity contribution >= 4 is 28.4 Å². The molecule has 5 rings (SSSR count). The van der Waals surface area contributed by atoms with Gasteiger partial charge in [-0.2, -0.15) is 0 Å². The van der Waals surface area contributed by atoms with E-state index in [1.54, 1.807) is 21.9 Å². The monoisotopic (exact) mass is 418 g/mol. The third-order valence-electron chi connectivity index (χ3n) is 6.23. The van der Waals surface area contributed by atoms with Crippen LogP contribution in [0.5, 0.6) is 0 Å². The summed E-state index contributed by atoms with van der Waals surface area (Å²) in [5, 5.41) is 12.4. The fourth-order valence-corrected chi connectivity index (χ4v) is 4.94. The third-order valence-corrected chi connectivity index (χ3v) is 6.23. The van der Waals surface area contributed by atoms with E-state index < -0.39 is 17.0 Å². The van der Waals surface area contributed by atoms with E-state index in [4.69, 9.17) is 0 Å². The molecule has 3 aromatic rings. The zero-order valence-electron chi connectivity index (χ0n) is 17.1. The number of nitrogens with one attached hydrogen (secondary N) is 1. The number of nitrogens with zero attached hydrogens (tertiary/aromatic N) is 3. The van der Waals surface area contributed by atoms with Crippen LogP contribution in [0.25, 0.3) is 10.9 Å². The summed E-state index contributed by atoms with van der Waals surface area (Å²) in [6.45, 7) is 2.55. The second kappa shape index (κ2) is 7.23. The third kappa shape index (κ3) is 2.98. The first-order valence-corrected chi connectivity index (χ1v) is 10.4. The number of rotatable bonds is 4. The lowest BCUT2D eigenvalue weighted by Gasteiger charge is -2.47. The van der Waals surface area contributed by atoms with Crippen molar-refractivity contribution in [3.05, 3.63) is 75.5 Å². The van der Waals surface area contributed by atoms with Gasteiger partial charge in [-0.1, -0.05) is 37.3 Å². The molecule has 0 saturated carbocycles. The maximum Gasteiger partial charge on any atom is 0.269 e. The summed E-state index contributed by atoms with van der Waals surface area (Å²) in [5.74, 6) is -0.202. The van der Waals surface area contributed by atoms with Crippen molar-refractivity contribution in [2.45, 2.75) is 31.8 Å². The van der Waals surface area contributed by atoms with Gasteiger partial charge in [0.15, 0.2) is 0 Å². The van der Waals surface area contributed by atoms with Gasteiger partial charge in [-0.3, -0.25) is 19.7 Å². The molecule has 1 aromatic heterocycles. The fourth-order valence-electron chi connectivity index (χ4n) is 4.94. The highest BCUT2D eigenvalue weighted by Crippen LogP contribution is 2.43. The maximum atomic E-state index is 13.3. The predicted molar refractivity (Wildman–Crippen MR) is 114 cm³/mol. The van der Waals surface area contributed by atoms with Crippen LogP contribution in [0.3, 0.4) is 0 Å². The van der Waals surface area contributed by atoms with E-state index in [-0.39, 0.29) is 24.0 Å². The summed E-state index contributed by atoms with van der Waals surface area (Å²) in [6.07, 6.45) is 1.20. The van der Waals surface area contributed by atoms with Crippen molar-refractivity contribution in [1.82, 2.24) is 14.8 Å². The first-order valence-electron chi connectivity index (χ1n) is 10.4. The number of nitro benzene ring substituents is 1. The number of hydrogen-bond donors (Lipinski definition) is 1. The molecule has 1 N–H and O–H groups in total. The molecule has 2 amide bonds. The van der Waals surface area contributed by atoms with Gasteiger partial charge >= 0.3 is 0 Å². The molecule has 0 bridgehead atoms. The maximum absolute atomic E-state index is 13.3. The minimum atomic E-state index is -0.622. The fraction of sp³-hybridized carbons (Fsp3) is 0.304. The van der Waals surface area contributed by atoms with Crippen molar-refractivity contribution in [1.29, 1.82) is 0 Å². The molecule has 2 aliphatic rings. The summed E-state index contributed by atoms with van der Waals surface area (Å²) < 4.78 is 0. The molecule has 0 radical (unpaired) electrons. The second-order valence-corrected chi connectivity index (χ2v) is 8.10. The van der Waals surface area contributed by atoms with E-state index >= 15 is 0 Å². The van der Waals surface area contributed by atoms with Crippen LogP contribution in [0.15, 0.2) is 48.5 Å². The number of benzene rings is 2. The van der Waals surface area contributed by atoms with Crippen molar-refractivity contribution in [2.75, 3.05) is 13.1 Å². The van der Waals surface area contributed by atoms with Gasteiger partial charge in [0.05, 0.1) is 17.5 Å². The van der Waals surface area contributed by atoms with Crippen LogP contribution in [0.4, 0.5) is 5.69 Å². The molecule has 2 aromatic carbocycles. The number of piperazine rings is 1. The van der Waals surface area contributed by atoms with Gasteiger partial charge in [0.1, 0.15) is 6.04 Å². The van der Waals surface area contributed by atoms with E-state index in [1.165, 1.54) is 12.1 Å². The number of hydrogen-bond acceptors (Lipinski definition) is 4. The minimum absolute atomic E-state index is 0.0319. The minimum Gasteiger partial charge on any atom is -0.356 e. The van der Waals surface area contributed by atoms with E-state index in [9.17, 15) is 19.7 Å². The molecule has 8 nitrogen and oxygen atoms in total. The quantitative estimate of drug-likeness (QED) is 0.520. The molecule has 2 atom stereocenters. The van der Waals surface area contributed by atoms with Crippen LogP contribution in [-0.4, -0.2) is 50.7 Å². The predicted octanol–water partition coefficient (Wildman–Crippen LogP) is 3.17. The Morgan fingerprint density at radius 2 is 1.97 bits per heavy atom. The second-order valence-electron chi connectivity index (χ2n) is 8.10.